The molecule has 0 radical (unpaired) electrons. The molecule has 0 saturated carbocycles. The Labute approximate surface area is 188 Å². The summed E-state index contributed by atoms with van der Waals surface area (Å²) in [4.78, 5) is 11.1. The summed E-state index contributed by atoms with van der Waals surface area (Å²) in [6, 6.07) is 0. The summed E-state index contributed by atoms with van der Waals surface area (Å²) in [7, 11) is 0. The molecule has 1 heterocycles. The van der Waals surface area contributed by atoms with Crippen LogP contribution in [0.3, 0.4) is 0 Å². The van der Waals surface area contributed by atoms with Gasteiger partial charge in [-0.1, -0.05) is 103 Å². The molecule has 1 unspecified atom stereocenters. The zero-order valence-electron chi connectivity index (χ0n) is 19.4. The Morgan fingerprint density at radius 1 is 0.677 bits per heavy atom. The highest BCUT2D eigenvalue weighted by Crippen LogP contribution is 2.22. The van der Waals surface area contributed by atoms with Crippen LogP contribution in [0.1, 0.15) is 110 Å². The van der Waals surface area contributed by atoms with Crippen molar-refractivity contribution >= 4 is 5.97 Å². The maximum Gasteiger partial charge on any atom is 0.335 e. The summed E-state index contributed by atoms with van der Waals surface area (Å²) >= 11 is 0. The van der Waals surface area contributed by atoms with E-state index >= 15 is 0 Å². The van der Waals surface area contributed by atoms with E-state index in [-0.39, 0.29) is 0 Å². The average molecular weight is 447 g/mol. The Balaban J connectivity index is 1.91. The molecule has 0 aromatic carbocycles. The quantitative estimate of drug-likeness (QED) is 0.220. The van der Waals surface area contributed by atoms with Crippen molar-refractivity contribution in [1.82, 2.24) is 0 Å². The van der Waals surface area contributed by atoms with E-state index in [0.717, 1.165) is 19.3 Å². The molecule has 1 aliphatic rings. The normalized spacial score (nSPS) is 26.3. The SMILES string of the molecule is CCCCCCCCCCCCCCCCCCOC1O[C@H](C(=O)O)[C@@H](O)[C@H](O)[C@H]1O. The number of unbranched alkanes of at least 4 members (excludes halogenated alkanes) is 15. The zero-order valence-corrected chi connectivity index (χ0v) is 19.4. The molecule has 4 N–H and O–H groups in total. The molecule has 0 aromatic rings. The summed E-state index contributed by atoms with van der Waals surface area (Å²) in [6.07, 6.45) is 12.8. The molecule has 7 heteroatoms. The number of aliphatic hydroxyl groups is 3. The van der Waals surface area contributed by atoms with Crippen LogP contribution in [0.4, 0.5) is 0 Å². The number of carboxylic acid groups (broad SMARTS) is 1. The lowest BCUT2D eigenvalue weighted by Crippen LogP contribution is -2.60. The van der Waals surface area contributed by atoms with Crippen molar-refractivity contribution in [3.63, 3.8) is 0 Å². The van der Waals surface area contributed by atoms with E-state index in [4.69, 9.17) is 14.6 Å². The Bertz CT molecular complexity index is 446. The van der Waals surface area contributed by atoms with Gasteiger partial charge >= 0.3 is 5.97 Å². The number of rotatable bonds is 19. The number of carbonyl (C=O) groups is 1. The predicted octanol–water partition coefficient (Wildman–Crippen LogP) is 4.16. The first-order valence-corrected chi connectivity index (χ1v) is 12.5. The zero-order chi connectivity index (χ0) is 22.9. The van der Waals surface area contributed by atoms with E-state index < -0.39 is 36.7 Å². The molecule has 0 bridgehead atoms. The summed E-state index contributed by atoms with van der Waals surface area (Å²) in [5, 5.41) is 38.3. The second-order valence-corrected chi connectivity index (χ2v) is 8.91. The van der Waals surface area contributed by atoms with E-state index in [2.05, 4.69) is 6.92 Å². The molecule has 5 atom stereocenters. The number of hydrogen-bond donors (Lipinski definition) is 4. The fourth-order valence-electron chi connectivity index (χ4n) is 4.04. The van der Waals surface area contributed by atoms with Crippen molar-refractivity contribution in [2.75, 3.05) is 6.61 Å². The molecule has 31 heavy (non-hydrogen) atoms. The van der Waals surface area contributed by atoms with E-state index in [9.17, 15) is 20.1 Å². The monoisotopic (exact) mass is 446 g/mol. The van der Waals surface area contributed by atoms with Gasteiger partial charge in [0.2, 0.25) is 0 Å². The lowest BCUT2D eigenvalue weighted by atomic mass is 9.99. The molecule has 1 rings (SSSR count). The Kier molecular flexibility index (Phi) is 16.2. The van der Waals surface area contributed by atoms with Gasteiger partial charge in [0, 0.05) is 6.61 Å². The molecular formula is C24H46O7. The minimum absolute atomic E-state index is 0.315. The average Bonchev–Trinajstić information content (AvgIpc) is 2.75. The van der Waals surface area contributed by atoms with Gasteiger partial charge in [-0.2, -0.15) is 0 Å². The smallest absolute Gasteiger partial charge is 0.335 e. The van der Waals surface area contributed by atoms with E-state index in [1.165, 1.54) is 83.5 Å². The molecule has 1 fully saturated rings. The lowest BCUT2D eigenvalue weighted by molar-refractivity contribution is -0.294. The van der Waals surface area contributed by atoms with Crippen molar-refractivity contribution in [3.8, 4) is 0 Å². The highest BCUT2D eigenvalue weighted by atomic mass is 16.7. The van der Waals surface area contributed by atoms with Gasteiger partial charge in [-0.15, -0.1) is 0 Å². The van der Waals surface area contributed by atoms with Crippen LogP contribution in [-0.4, -0.2) is 63.7 Å². The van der Waals surface area contributed by atoms with Crippen molar-refractivity contribution in [2.45, 2.75) is 140 Å². The van der Waals surface area contributed by atoms with Crippen LogP contribution in [0.5, 0.6) is 0 Å². The van der Waals surface area contributed by atoms with Crippen molar-refractivity contribution in [1.29, 1.82) is 0 Å². The minimum atomic E-state index is -1.68. The van der Waals surface area contributed by atoms with E-state index in [1.54, 1.807) is 0 Å². The van der Waals surface area contributed by atoms with Gasteiger partial charge < -0.3 is 29.9 Å². The molecule has 7 nitrogen and oxygen atoms in total. The molecule has 184 valence electrons. The first-order chi connectivity index (χ1) is 15.0. The topological polar surface area (TPSA) is 116 Å². The molecule has 0 spiro atoms. The predicted molar refractivity (Wildman–Crippen MR) is 120 cm³/mol. The van der Waals surface area contributed by atoms with E-state index in [0.29, 0.717) is 6.61 Å². The Morgan fingerprint density at radius 2 is 1.10 bits per heavy atom. The number of hydrogen-bond acceptors (Lipinski definition) is 6. The van der Waals surface area contributed by atoms with Crippen LogP contribution < -0.4 is 0 Å². The van der Waals surface area contributed by atoms with Crippen LogP contribution in [0.15, 0.2) is 0 Å². The van der Waals surface area contributed by atoms with Crippen molar-refractivity contribution in [3.05, 3.63) is 0 Å². The minimum Gasteiger partial charge on any atom is -0.479 e. The van der Waals surface area contributed by atoms with Crippen LogP contribution >= 0.6 is 0 Å². The third-order valence-corrected chi connectivity index (χ3v) is 6.09. The first kappa shape index (κ1) is 28.3. The first-order valence-electron chi connectivity index (χ1n) is 12.5. The highest BCUT2D eigenvalue weighted by Gasteiger charge is 2.47. The van der Waals surface area contributed by atoms with Gasteiger partial charge in [0.25, 0.3) is 0 Å². The van der Waals surface area contributed by atoms with Crippen molar-refractivity contribution < 1.29 is 34.7 Å². The molecule has 1 saturated heterocycles. The van der Waals surface area contributed by atoms with Crippen LogP contribution in [0.25, 0.3) is 0 Å². The fraction of sp³-hybridized carbons (Fsp3) is 0.958. The molecule has 0 aromatic heterocycles. The van der Waals surface area contributed by atoms with E-state index in [1.807, 2.05) is 0 Å². The fourth-order valence-corrected chi connectivity index (χ4v) is 4.04. The van der Waals surface area contributed by atoms with Crippen LogP contribution in [0.2, 0.25) is 0 Å². The van der Waals surface area contributed by atoms with Gasteiger partial charge in [-0.3, -0.25) is 0 Å². The number of ether oxygens (including phenoxy) is 2. The number of aliphatic carboxylic acids is 1. The van der Waals surface area contributed by atoms with Crippen LogP contribution in [-0.2, 0) is 14.3 Å². The largest absolute Gasteiger partial charge is 0.479 e. The molecule has 0 aliphatic carbocycles. The molecule has 1 aliphatic heterocycles. The van der Waals surface area contributed by atoms with Crippen molar-refractivity contribution in [2.24, 2.45) is 0 Å². The highest BCUT2D eigenvalue weighted by molar-refractivity contribution is 5.73. The maximum absolute atomic E-state index is 11.1. The van der Waals surface area contributed by atoms with Gasteiger partial charge in [-0.05, 0) is 6.42 Å². The number of carboxylic acids is 1. The summed E-state index contributed by atoms with van der Waals surface area (Å²) in [5.41, 5.74) is 0. The van der Waals surface area contributed by atoms with Gasteiger partial charge in [0.15, 0.2) is 12.4 Å². The second-order valence-electron chi connectivity index (χ2n) is 8.91. The molecular weight excluding hydrogens is 400 g/mol. The van der Waals surface area contributed by atoms with Gasteiger partial charge in [0.1, 0.15) is 18.3 Å². The summed E-state index contributed by atoms with van der Waals surface area (Å²) < 4.78 is 10.5. The standard InChI is InChI=1S/C24H46O7/c1-2-3-4-5-6-7-8-9-10-11-12-13-14-15-16-17-18-30-24-21(27)19(25)20(26)22(31-24)23(28)29/h19-22,24-27H,2-18H2,1H3,(H,28,29)/t19-,20-,21+,22-,24?/m0/s1. The Morgan fingerprint density at radius 3 is 1.52 bits per heavy atom. The maximum atomic E-state index is 11.1. The second kappa shape index (κ2) is 17.8. The van der Waals surface area contributed by atoms with Gasteiger partial charge in [0.05, 0.1) is 0 Å². The summed E-state index contributed by atoms with van der Waals surface area (Å²) in [6.45, 7) is 2.57. The molecule has 0 amide bonds. The Hall–Kier alpha value is -0.730. The third kappa shape index (κ3) is 12.2. The lowest BCUT2D eigenvalue weighted by Gasteiger charge is -2.38. The van der Waals surface area contributed by atoms with Crippen LogP contribution in [0, 0.1) is 0 Å². The van der Waals surface area contributed by atoms with Gasteiger partial charge in [-0.25, -0.2) is 4.79 Å². The number of aliphatic hydroxyl groups excluding tert-OH is 3. The summed E-state index contributed by atoms with van der Waals surface area (Å²) in [5.74, 6) is -1.39. The third-order valence-electron chi connectivity index (χ3n) is 6.09.